The zero-order valence-corrected chi connectivity index (χ0v) is 10.2. The maximum Gasteiger partial charge on any atom is 0.222 e. The van der Waals surface area contributed by atoms with Crippen molar-refractivity contribution in [1.29, 1.82) is 0 Å². The van der Waals surface area contributed by atoms with Crippen molar-refractivity contribution in [1.82, 2.24) is 15.0 Å². The average molecular weight is 279 g/mol. The number of rotatable bonds is 4. The van der Waals surface area contributed by atoms with E-state index in [1.54, 1.807) is 18.6 Å². The smallest absolute Gasteiger partial charge is 0.222 e. The van der Waals surface area contributed by atoms with Crippen LogP contribution in [-0.4, -0.2) is 21.5 Å². The SMILES string of the molecule is Brc1cnc(NCCc2cccnc2)nc1. The number of aromatic nitrogens is 3. The Labute approximate surface area is 102 Å². The maximum absolute atomic E-state index is 4.12. The molecule has 2 heterocycles. The minimum atomic E-state index is 0.645. The van der Waals surface area contributed by atoms with Gasteiger partial charge in [-0.15, -0.1) is 0 Å². The topological polar surface area (TPSA) is 50.7 Å². The summed E-state index contributed by atoms with van der Waals surface area (Å²) < 4.78 is 0.880. The molecule has 0 fully saturated rings. The van der Waals surface area contributed by atoms with Crippen molar-refractivity contribution >= 4 is 21.9 Å². The van der Waals surface area contributed by atoms with Crippen molar-refractivity contribution in [2.75, 3.05) is 11.9 Å². The third kappa shape index (κ3) is 3.27. The number of nitrogens with zero attached hydrogens (tertiary/aromatic N) is 3. The van der Waals surface area contributed by atoms with Crippen molar-refractivity contribution in [2.45, 2.75) is 6.42 Å². The molecule has 1 N–H and O–H groups in total. The fraction of sp³-hybridized carbons (Fsp3) is 0.182. The normalized spacial score (nSPS) is 10.1. The predicted octanol–water partition coefficient (Wildman–Crippen LogP) is 2.29. The van der Waals surface area contributed by atoms with E-state index in [2.05, 4.69) is 42.3 Å². The van der Waals surface area contributed by atoms with E-state index in [-0.39, 0.29) is 0 Å². The lowest BCUT2D eigenvalue weighted by molar-refractivity contribution is 0.973. The third-order valence-electron chi connectivity index (χ3n) is 2.04. The average Bonchev–Trinajstić information content (AvgIpc) is 2.33. The standard InChI is InChI=1S/C11H11BrN4/c12-10-7-15-11(16-8-10)14-5-3-9-2-1-4-13-6-9/h1-2,4,6-8H,3,5H2,(H,14,15,16). The van der Waals surface area contributed by atoms with Gasteiger partial charge in [0, 0.05) is 31.3 Å². The Kier molecular flexibility index (Phi) is 3.82. The Balaban J connectivity index is 1.82. The summed E-state index contributed by atoms with van der Waals surface area (Å²) in [4.78, 5) is 12.3. The first kappa shape index (κ1) is 11.0. The molecule has 0 unspecified atom stereocenters. The van der Waals surface area contributed by atoms with Gasteiger partial charge in [-0.05, 0) is 34.0 Å². The number of pyridine rings is 1. The van der Waals surface area contributed by atoms with Gasteiger partial charge in [0.1, 0.15) is 0 Å². The van der Waals surface area contributed by atoms with Crippen LogP contribution in [0, 0.1) is 0 Å². The summed E-state index contributed by atoms with van der Waals surface area (Å²) >= 11 is 3.29. The number of halogens is 1. The van der Waals surface area contributed by atoms with E-state index in [1.807, 2.05) is 12.3 Å². The van der Waals surface area contributed by atoms with E-state index >= 15 is 0 Å². The molecule has 0 bridgehead atoms. The Morgan fingerprint density at radius 3 is 2.69 bits per heavy atom. The summed E-state index contributed by atoms with van der Waals surface area (Å²) in [5.41, 5.74) is 1.20. The van der Waals surface area contributed by atoms with Crippen LogP contribution in [0.1, 0.15) is 5.56 Å². The van der Waals surface area contributed by atoms with Crippen LogP contribution in [0.4, 0.5) is 5.95 Å². The Bertz CT molecular complexity index is 429. The molecule has 0 aliphatic heterocycles. The largest absolute Gasteiger partial charge is 0.354 e. The lowest BCUT2D eigenvalue weighted by Crippen LogP contribution is -2.07. The molecule has 0 aliphatic carbocycles. The number of nitrogens with one attached hydrogen (secondary N) is 1. The van der Waals surface area contributed by atoms with Crippen LogP contribution in [0.3, 0.4) is 0 Å². The molecule has 16 heavy (non-hydrogen) atoms. The van der Waals surface area contributed by atoms with Gasteiger partial charge in [0.15, 0.2) is 0 Å². The molecular formula is C11H11BrN4. The van der Waals surface area contributed by atoms with Crippen molar-refractivity contribution in [3.63, 3.8) is 0 Å². The van der Waals surface area contributed by atoms with Crippen LogP contribution in [0.2, 0.25) is 0 Å². The second-order valence-corrected chi connectivity index (χ2v) is 4.18. The fourth-order valence-electron chi connectivity index (χ4n) is 1.27. The van der Waals surface area contributed by atoms with Crippen LogP contribution < -0.4 is 5.32 Å². The molecule has 2 aromatic heterocycles. The molecule has 0 radical (unpaired) electrons. The van der Waals surface area contributed by atoms with Gasteiger partial charge in [-0.25, -0.2) is 9.97 Å². The molecule has 82 valence electrons. The van der Waals surface area contributed by atoms with E-state index in [0.717, 1.165) is 17.4 Å². The van der Waals surface area contributed by atoms with Crippen molar-refractivity contribution in [2.24, 2.45) is 0 Å². The minimum Gasteiger partial charge on any atom is -0.354 e. The lowest BCUT2D eigenvalue weighted by Gasteiger charge is -2.03. The molecule has 4 nitrogen and oxygen atoms in total. The highest BCUT2D eigenvalue weighted by molar-refractivity contribution is 9.10. The number of hydrogen-bond acceptors (Lipinski definition) is 4. The summed E-state index contributed by atoms with van der Waals surface area (Å²) in [7, 11) is 0. The quantitative estimate of drug-likeness (QED) is 0.933. The van der Waals surface area contributed by atoms with Gasteiger partial charge in [-0.3, -0.25) is 4.98 Å². The Morgan fingerprint density at radius 1 is 1.19 bits per heavy atom. The molecule has 2 rings (SSSR count). The zero-order valence-electron chi connectivity index (χ0n) is 8.60. The second-order valence-electron chi connectivity index (χ2n) is 3.26. The van der Waals surface area contributed by atoms with E-state index in [9.17, 15) is 0 Å². The van der Waals surface area contributed by atoms with Gasteiger partial charge in [-0.2, -0.15) is 0 Å². The summed E-state index contributed by atoms with van der Waals surface area (Å²) in [6, 6.07) is 3.99. The van der Waals surface area contributed by atoms with E-state index < -0.39 is 0 Å². The van der Waals surface area contributed by atoms with Gasteiger partial charge in [-0.1, -0.05) is 6.07 Å². The molecule has 0 aliphatic rings. The highest BCUT2D eigenvalue weighted by Crippen LogP contribution is 2.06. The molecular weight excluding hydrogens is 268 g/mol. The lowest BCUT2D eigenvalue weighted by atomic mass is 10.2. The monoisotopic (exact) mass is 278 g/mol. The summed E-state index contributed by atoms with van der Waals surface area (Å²) in [6.07, 6.45) is 7.99. The van der Waals surface area contributed by atoms with Crippen molar-refractivity contribution in [3.05, 3.63) is 47.0 Å². The van der Waals surface area contributed by atoms with Crippen LogP contribution >= 0.6 is 15.9 Å². The van der Waals surface area contributed by atoms with Gasteiger partial charge in [0.05, 0.1) is 4.47 Å². The molecule has 5 heteroatoms. The van der Waals surface area contributed by atoms with E-state index in [1.165, 1.54) is 5.56 Å². The Morgan fingerprint density at radius 2 is 2.00 bits per heavy atom. The van der Waals surface area contributed by atoms with Gasteiger partial charge in [0.2, 0.25) is 5.95 Å². The molecule has 0 saturated carbocycles. The molecule has 0 atom stereocenters. The molecule has 2 aromatic rings. The van der Waals surface area contributed by atoms with Crippen molar-refractivity contribution in [3.8, 4) is 0 Å². The number of anilines is 1. The van der Waals surface area contributed by atoms with Crippen LogP contribution in [0.25, 0.3) is 0 Å². The van der Waals surface area contributed by atoms with Crippen LogP contribution in [0.15, 0.2) is 41.4 Å². The first-order chi connectivity index (χ1) is 7.84. The maximum atomic E-state index is 4.12. The van der Waals surface area contributed by atoms with E-state index in [4.69, 9.17) is 0 Å². The molecule has 0 saturated heterocycles. The van der Waals surface area contributed by atoms with Crippen LogP contribution in [0.5, 0.6) is 0 Å². The Hall–Kier alpha value is -1.49. The van der Waals surface area contributed by atoms with Gasteiger partial charge >= 0.3 is 0 Å². The molecule has 0 aromatic carbocycles. The predicted molar refractivity (Wildman–Crippen MR) is 66.2 cm³/mol. The summed E-state index contributed by atoms with van der Waals surface area (Å²) in [5.74, 6) is 0.645. The fourth-order valence-corrected chi connectivity index (χ4v) is 1.47. The highest BCUT2D eigenvalue weighted by Gasteiger charge is 1.96. The van der Waals surface area contributed by atoms with E-state index in [0.29, 0.717) is 5.95 Å². The van der Waals surface area contributed by atoms with Crippen LogP contribution in [-0.2, 0) is 6.42 Å². The first-order valence-corrected chi connectivity index (χ1v) is 5.74. The number of hydrogen-bond donors (Lipinski definition) is 1. The molecule has 0 amide bonds. The van der Waals surface area contributed by atoms with Gasteiger partial charge < -0.3 is 5.32 Å². The highest BCUT2D eigenvalue weighted by atomic mass is 79.9. The minimum absolute atomic E-state index is 0.645. The first-order valence-electron chi connectivity index (χ1n) is 4.95. The summed E-state index contributed by atoms with van der Waals surface area (Å²) in [6.45, 7) is 0.799. The van der Waals surface area contributed by atoms with Crippen molar-refractivity contribution < 1.29 is 0 Å². The second kappa shape index (κ2) is 5.55. The van der Waals surface area contributed by atoms with Gasteiger partial charge in [0.25, 0.3) is 0 Å². The summed E-state index contributed by atoms with van der Waals surface area (Å²) in [5, 5.41) is 3.15. The molecule has 0 spiro atoms. The zero-order chi connectivity index (χ0) is 11.2. The third-order valence-corrected chi connectivity index (χ3v) is 2.45.